The lowest BCUT2D eigenvalue weighted by Crippen LogP contribution is -2.29. The van der Waals surface area contributed by atoms with Crippen LogP contribution in [-0.2, 0) is 4.74 Å². The van der Waals surface area contributed by atoms with Crippen LogP contribution in [0.15, 0.2) is 89.3 Å². The molecule has 1 heterocycles. The van der Waals surface area contributed by atoms with E-state index in [-0.39, 0.29) is 12.5 Å². The molecule has 0 unspecified atom stereocenters. The third-order valence-electron chi connectivity index (χ3n) is 8.64. The number of esters is 1. The summed E-state index contributed by atoms with van der Waals surface area (Å²) < 4.78 is 14.7. The molecule has 5 rings (SSSR count). The third-order valence-corrected chi connectivity index (χ3v) is 8.64. The fourth-order valence-electron chi connectivity index (χ4n) is 6.01. The lowest BCUT2D eigenvalue weighted by Gasteiger charge is -2.22. The first-order valence-electron chi connectivity index (χ1n) is 16.6. The van der Waals surface area contributed by atoms with Gasteiger partial charge in [-0.3, -0.25) is 4.79 Å². The summed E-state index contributed by atoms with van der Waals surface area (Å²) in [7, 11) is 1.83. The molecule has 0 fully saturated rings. The van der Waals surface area contributed by atoms with Gasteiger partial charge in [0.25, 0.3) is 5.91 Å². The van der Waals surface area contributed by atoms with Gasteiger partial charge in [0.15, 0.2) is 0 Å². The van der Waals surface area contributed by atoms with Gasteiger partial charge in [-0.2, -0.15) is 0 Å². The first-order valence-corrected chi connectivity index (χ1v) is 16.6. The maximum atomic E-state index is 13.6. The number of anilines is 2. The molecule has 47 heavy (non-hydrogen) atoms. The van der Waals surface area contributed by atoms with Crippen LogP contribution in [-0.4, -0.2) is 58.3 Å². The Kier molecular flexibility index (Phi) is 10.9. The van der Waals surface area contributed by atoms with E-state index in [1.807, 2.05) is 43.4 Å². The topological polar surface area (TPSA) is 86.8 Å². The molecule has 2 N–H and O–H groups in total. The molecule has 0 atom stereocenters. The first-order chi connectivity index (χ1) is 22.9. The Morgan fingerprint density at radius 3 is 2.30 bits per heavy atom. The number of hydrogen-bond acceptors (Lipinski definition) is 6. The quantitative estimate of drug-likeness (QED) is 0.0636. The Morgan fingerprint density at radius 1 is 0.851 bits per heavy atom. The van der Waals surface area contributed by atoms with Crippen molar-refractivity contribution in [1.82, 2.24) is 9.89 Å². The molecule has 8 nitrogen and oxygen atoms in total. The second-order valence-electron chi connectivity index (χ2n) is 11.3. The minimum atomic E-state index is -0.406. The number of hydrogen-bond donors (Lipinski definition) is 2. The Bertz CT molecular complexity index is 1880. The second kappa shape index (κ2) is 15.5. The molecule has 2 aliphatic rings. The molecule has 244 valence electrons. The van der Waals surface area contributed by atoms with Crippen molar-refractivity contribution in [2.45, 2.75) is 34.1 Å². The standard InChI is InChI=1S/C39H44N4O4/c1-6-42(7-2)29-19-21-33-35(25-29)47-36-26-30(43(8-3)9-4)20-22-34(36)37(33)31-13-10-11-14-32(31)39(45)46-24-12-23-41-38(44)27-15-17-28(40-5)18-16-27/h10-11,13-22,25-26H,6-9,12,23-24H2,1-5H3,(H-,40,41,44)/p+1. The maximum Gasteiger partial charge on any atom is 0.338 e. The Balaban J connectivity index is 1.45. The summed E-state index contributed by atoms with van der Waals surface area (Å²) in [5, 5.41) is 7.96. The molecule has 1 amide bonds. The lowest BCUT2D eigenvalue weighted by molar-refractivity contribution is 0.0502. The van der Waals surface area contributed by atoms with E-state index in [0.717, 1.165) is 76.3 Å². The van der Waals surface area contributed by atoms with Crippen molar-refractivity contribution in [1.29, 1.82) is 0 Å². The van der Waals surface area contributed by atoms with Crippen molar-refractivity contribution < 1.29 is 18.7 Å². The summed E-state index contributed by atoms with van der Waals surface area (Å²) in [5.41, 5.74) is 6.49. The van der Waals surface area contributed by atoms with E-state index < -0.39 is 5.97 Å². The number of carbonyl (C=O) groups is 2. The number of carbonyl (C=O) groups excluding carboxylic acids is 2. The van der Waals surface area contributed by atoms with Crippen LogP contribution in [0.1, 0.15) is 54.8 Å². The molecular formula is C39H45N4O4+. The van der Waals surface area contributed by atoms with E-state index >= 15 is 0 Å². The van der Waals surface area contributed by atoms with Gasteiger partial charge in [-0.05, 0) is 88.2 Å². The third kappa shape index (κ3) is 7.32. The van der Waals surface area contributed by atoms with Gasteiger partial charge in [0.05, 0.1) is 18.2 Å². The molecule has 0 saturated carbocycles. The first kappa shape index (κ1) is 33.3. The molecule has 0 aromatic heterocycles. The number of ether oxygens (including phenoxy) is 1. The predicted molar refractivity (Wildman–Crippen MR) is 191 cm³/mol. The molecule has 0 spiro atoms. The average Bonchev–Trinajstić information content (AvgIpc) is 3.11. The minimum absolute atomic E-state index is 0.161. The van der Waals surface area contributed by atoms with E-state index in [0.29, 0.717) is 24.1 Å². The summed E-state index contributed by atoms with van der Waals surface area (Å²) in [5.74, 6) is 0.190. The maximum absolute atomic E-state index is 13.6. The van der Waals surface area contributed by atoms with E-state index in [2.05, 4.69) is 84.2 Å². The van der Waals surface area contributed by atoms with Gasteiger partial charge in [-0.15, -0.1) is 0 Å². The monoisotopic (exact) mass is 633 g/mol. The molecule has 1 aliphatic carbocycles. The van der Waals surface area contributed by atoms with Crippen molar-refractivity contribution in [2.75, 3.05) is 56.6 Å². The lowest BCUT2D eigenvalue weighted by atomic mass is 9.90. The summed E-state index contributed by atoms with van der Waals surface area (Å²) in [4.78, 5) is 28.4. The highest BCUT2D eigenvalue weighted by Gasteiger charge is 2.23. The Hall–Kier alpha value is -5.11. The normalized spacial score (nSPS) is 11.0. The van der Waals surface area contributed by atoms with Crippen LogP contribution in [0.5, 0.6) is 0 Å². The molecular weight excluding hydrogens is 588 g/mol. The summed E-state index contributed by atoms with van der Waals surface area (Å²) in [6.45, 7) is 12.7. The summed E-state index contributed by atoms with van der Waals surface area (Å²) in [6, 6.07) is 27.5. The van der Waals surface area contributed by atoms with Gasteiger partial charge in [-0.1, -0.05) is 18.2 Å². The minimum Gasteiger partial charge on any atom is -0.462 e. The van der Waals surface area contributed by atoms with Crippen molar-refractivity contribution in [3.63, 3.8) is 0 Å². The molecule has 0 bridgehead atoms. The van der Waals surface area contributed by atoms with Crippen molar-refractivity contribution >= 4 is 34.2 Å². The van der Waals surface area contributed by atoms with Crippen LogP contribution in [0.2, 0.25) is 0 Å². The largest absolute Gasteiger partial charge is 0.462 e. The molecule has 3 aromatic carbocycles. The molecule has 3 aromatic rings. The molecule has 0 radical (unpaired) electrons. The van der Waals surface area contributed by atoms with E-state index in [1.165, 1.54) is 0 Å². The summed E-state index contributed by atoms with van der Waals surface area (Å²) >= 11 is 0. The van der Waals surface area contributed by atoms with Crippen LogP contribution in [0, 0.1) is 0 Å². The fraction of sp³-hybridized carbons (Fsp3) is 0.308. The zero-order valence-corrected chi connectivity index (χ0v) is 28.1. The number of benzene rings is 4. The van der Waals surface area contributed by atoms with Crippen LogP contribution in [0.3, 0.4) is 0 Å². The molecule has 8 heteroatoms. The number of nitrogens with zero attached hydrogens (tertiary/aromatic N) is 2. The Labute approximate surface area is 277 Å². The highest BCUT2D eigenvalue weighted by molar-refractivity contribution is 6.08. The van der Waals surface area contributed by atoms with Crippen LogP contribution >= 0.6 is 0 Å². The average molecular weight is 634 g/mol. The van der Waals surface area contributed by atoms with E-state index in [1.54, 1.807) is 12.1 Å². The second-order valence-corrected chi connectivity index (χ2v) is 11.3. The van der Waals surface area contributed by atoms with Crippen LogP contribution in [0.25, 0.3) is 33.4 Å². The number of amides is 1. The van der Waals surface area contributed by atoms with E-state index in [9.17, 15) is 9.59 Å². The van der Waals surface area contributed by atoms with Gasteiger partial charge < -0.3 is 24.7 Å². The van der Waals surface area contributed by atoms with Crippen LogP contribution in [0.4, 0.5) is 11.4 Å². The summed E-state index contributed by atoms with van der Waals surface area (Å²) in [6.07, 6.45) is 0.493. The van der Waals surface area contributed by atoms with Gasteiger partial charge in [0.1, 0.15) is 24.4 Å². The van der Waals surface area contributed by atoms with Gasteiger partial charge in [0, 0.05) is 72.3 Å². The number of rotatable bonds is 13. The highest BCUT2D eigenvalue weighted by Crippen LogP contribution is 2.42. The van der Waals surface area contributed by atoms with Gasteiger partial charge >= 0.3 is 5.97 Å². The smallest absolute Gasteiger partial charge is 0.338 e. The van der Waals surface area contributed by atoms with Crippen LogP contribution < -0.4 is 25.5 Å². The van der Waals surface area contributed by atoms with Crippen molar-refractivity contribution in [3.8, 4) is 22.5 Å². The number of fused-ring (bicyclic) bond motifs is 2. The zero-order chi connectivity index (χ0) is 33.3. The van der Waals surface area contributed by atoms with E-state index in [4.69, 9.17) is 9.15 Å². The zero-order valence-electron chi connectivity index (χ0n) is 28.1. The number of nitrogens with one attached hydrogen (secondary N) is 2. The molecule has 1 aliphatic heterocycles. The fourth-order valence-corrected chi connectivity index (χ4v) is 6.01. The Morgan fingerprint density at radius 2 is 1.60 bits per heavy atom. The molecule has 0 saturated heterocycles. The SMILES string of the molecule is CCN(CC)c1ccc2c(-c3ccccc3C(=O)OCCCNC(=O)c3ccc(NC)cc3)c3ccc(=[N+](CC)CC)cc-3oc2c1. The van der Waals surface area contributed by atoms with Gasteiger partial charge in [0.2, 0.25) is 5.36 Å². The van der Waals surface area contributed by atoms with Crippen molar-refractivity contribution in [2.24, 2.45) is 0 Å². The van der Waals surface area contributed by atoms with Crippen molar-refractivity contribution in [3.05, 3.63) is 101 Å². The van der Waals surface area contributed by atoms with Gasteiger partial charge in [-0.25, -0.2) is 9.37 Å². The predicted octanol–water partition coefficient (Wildman–Crippen LogP) is 6.88. The highest BCUT2D eigenvalue weighted by atomic mass is 16.5.